The average molecular weight is 457 g/mol. The molecule has 1 aliphatic heterocycles. The lowest BCUT2D eigenvalue weighted by Gasteiger charge is -2.43. The van der Waals surface area contributed by atoms with E-state index in [0.717, 1.165) is 17.5 Å². The third kappa shape index (κ3) is 5.13. The van der Waals surface area contributed by atoms with Crippen molar-refractivity contribution in [3.63, 3.8) is 0 Å². The van der Waals surface area contributed by atoms with Crippen molar-refractivity contribution in [3.05, 3.63) is 64.2 Å². The molecule has 1 atom stereocenters. The van der Waals surface area contributed by atoms with Crippen molar-refractivity contribution in [2.24, 2.45) is 4.99 Å². The van der Waals surface area contributed by atoms with Crippen LogP contribution in [0, 0.1) is 5.82 Å². The van der Waals surface area contributed by atoms with Crippen LogP contribution < -0.4 is 0 Å². The molecule has 2 heterocycles. The number of rotatable bonds is 10. The minimum absolute atomic E-state index is 0.0727. The minimum Gasteiger partial charge on any atom is -0.475 e. The Bertz CT molecular complexity index is 1030. The number of hydrogen-bond acceptors (Lipinski definition) is 7. The summed E-state index contributed by atoms with van der Waals surface area (Å²) in [6.07, 6.45) is 2.36. The topological polar surface area (TPSA) is 101 Å². The SMILES string of the molecule is COCCOC1=NCc2cc(CC(=O)C[C@@H](c3ccc(F)cc3)C3(O)CCC3)nc(CO)c21. The third-order valence-electron chi connectivity index (χ3n) is 6.46. The van der Waals surface area contributed by atoms with Gasteiger partial charge in [-0.2, -0.15) is 0 Å². The number of halogens is 1. The number of aliphatic hydroxyl groups excluding tert-OH is 1. The molecule has 2 aromatic rings. The lowest BCUT2D eigenvalue weighted by molar-refractivity contribution is -0.122. The Kier molecular flexibility index (Phi) is 7.17. The maximum Gasteiger partial charge on any atom is 0.218 e. The van der Waals surface area contributed by atoms with E-state index in [1.165, 1.54) is 12.1 Å². The molecule has 1 aliphatic carbocycles. The highest BCUT2D eigenvalue weighted by Gasteiger charge is 2.43. The van der Waals surface area contributed by atoms with Crippen LogP contribution in [-0.4, -0.2) is 52.8 Å². The van der Waals surface area contributed by atoms with Gasteiger partial charge in [-0.05, 0) is 48.6 Å². The molecule has 1 saturated carbocycles. The zero-order chi connectivity index (χ0) is 23.4. The first-order chi connectivity index (χ1) is 15.9. The first-order valence-corrected chi connectivity index (χ1v) is 11.2. The predicted molar refractivity (Wildman–Crippen MR) is 119 cm³/mol. The van der Waals surface area contributed by atoms with Gasteiger partial charge in [0, 0.05) is 31.6 Å². The second-order valence-corrected chi connectivity index (χ2v) is 8.70. The number of pyridine rings is 1. The lowest BCUT2D eigenvalue weighted by Crippen LogP contribution is -2.44. The van der Waals surface area contributed by atoms with Crippen molar-refractivity contribution >= 4 is 11.7 Å². The second-order valence-electron chi connectivity index (χ2n) is 8.70. The molecule has 0 bridgehead atoms. The maximum atomic E-state index is 13.4. The molecule has 7 nitrogen and oxygen atoms in total. The average Bonchev–Trinajstić information content (AvgIpc) is 3.19. The summed E-state index contributed by atoms with van der Waals surface area (Å²) in [5.74, 6) is -0.386. The Balaban J connectivity index is 1.49. The normalized spacial score (nSPS) is 17.2. The number of carbonyl (C=O) groups is 1. The number of hydrogen-bond donors (Lipinski definition) is 2. The van der Waals surface area contributed by atoms with Crippen LogP contribution in [-0.2, 0) is 33.8 Å². The molecule has 0 spiro atoms. The summed E-state index contributed by atoms with van der Waals surface area (Å²) in [6.45, 7) is 0.860. The van der Waals surface area contributed by atoms with Gasteiger partial charge in [0.05, 0.1) is 36.6 Å². The Labute approximate surface area is 192 Å². The number of ketones is 1. The zero-order valence-corrected chi connectivity index (χ0v) is 18.7. The number of Topliss-reactive ketones (excluding diaryl/α,β-unsaturated/α-hetero) is 1. The zero-order valence-electron chi connectivity index (χ0n) is 18.7. The fourth-order valence-electron chi connectivity index (χ4n) is 4.59. The molecule has 8 heteroatoms. The van der Waals surface area contributed by atoms with E-state index in [4.69, 9.17) is 9.47 Å². The lowest BCUT2D eigenvalue weighted by atomic mass is 9.67. The molecule has 2 aliphatic rings. The maximum absolute atomic E-state index is 13.4. The number of aliphatic imine (C=N–C) groups is 1. The molecule has 0 amide bonds. The van der Waals surface area contributed by atoms with Gasteiger partial charge in [-0.25, -0.2) is 9.38 Å². The first kappa shape index (κ1) is 23.5. The molecule has 1 aromatic carbocycles. The molecule has 0 saturated heterocycles. The first-order valence-electron chi connectivity index (χ1n) is 11.2. The number of methoxy groups -OCH3 is 1. The van der Waals surface area contributed by atoms with Crippen LogP contribution in [0.1, 0.15) is 59.7 Å². The van der Waals surface area contributed by atoms with Crippen molar-refractivity contribution in [2.75, 3.05) is 20.3 Å². The van der Waals surface area contributed by atoms with Gasteiger partial charge in [0.2, 0.25) is 5.90 Å². The molecular formula is C25H29FN2O5. The highest BCUT2D eigenvalue weighted by Crippen LogP contribution is 2.45. The molecule has 0 unspecified atom stereocenters. The number of nitrogens with zero attached hydrogens (tertiary/aromatic N) is 2. The summed E-state index contributed by atoms with van der Waals surface area (Å²) in [5.41, 5.74) is 2.33. The van der Waals surface area contributed by atoms with Gasteiger partial charge >= 0.3 is 0 Å². The molecule has 176 valence electrons. The molecule has 0 radical (unpaired) electrons. The van der Waals surface area contributed by atoms with Crippen LogP contribution >= 0.6 is 0 Å². The predicted octanol–water partition coefficient (Wildman–Crippen LogP) is 2.84. The van der Waals surface area contributed by atoms with Crippen LogP contribution in [0.3, 0.4) is 0 Å². The highest BCUT2D eigenvalue weighted by molar-refractivity contribution is 5.98. The fourth-order valence-corrected chi connectivity index (χ4v) is 4.59. The summed E-state index contributed by atoms with van der Waals surface area (Å²) in [4.78, 5) is 21.9. The fraction of sp³-hybridized carbons (Fsp3) is 0.480. The van der Waals surface area contributed by atoms with Crippen LogP contribution in [0.4, 0.5) is 4.39 Å². The van der Waals surface area contributed by atoms with E-state index in [0.29, 0.717) is 55.4 Å². The summed E-state index contributed by atoms with van der Waals surface area (Å²) in [6, 6.07) is 7.83. The van der Waals surface area contributed by atoms with Crippen molar-refractivity contribution < 1.29 is 28.9 Å². The number of benzene rings is 1. The molecule has 1 fully saturated rings. The standard InChI is InChI=1S/C25H29FN2O5/c1-32-9-10-33-24-23-17(14-27-24)11-19(28-22(23)15-29)12-20(30)13-21(25(31)7-2-8-25)16-3-5-18(26)6-4-16/h3-6,11,21,29,31H,2,7-10,12-15H2,1H3/t21-/m0/s1. The van der Waals surface area contributed by atoms with Gasteiger partial charge in [0.25, 0.3) is 0 Å². The van der Waals surface area contributed by atoms with E-state index in [-0.39, 0.29) is 31.0 Å². The van der Waals surface area contributed by atoms with Crippen LogP contribution in [0.15, 0.2) is 35.3 Å². The number of aliphatic hydroxyl groups is 2. The van der Waals surface area contributed by atoms with E-state index in [2.05, 4.69) is 9.98 Å². The minimum atomic E-state index is -0.947. The van der Waals surface area contributed by atoms with Crippen LogP contribution in [0.5, 0.6) is 0 Å². The highest BCUT2D eigenvalue weighted by atomic mass is 19.1. The largest absolute Gasteiger partial charge is 0.475 e. The number of aromatic nitrogens is 1. The van der Waals surface area contributed by atoms with Crippen LogP contribution in [0.25, 0.3) is 0 Å². The Hall–Kier alpha value is -2.68. The van der Waals surface area contributed by atoms with Gasteiger partial charge in [0.15, 0.2) is 0 Å². The Morgan fingerprint density at radius 3 is 2.64 bits per heavy atom. The van der Waals surface area contributed by atoms with Crippen molar-refractivity contribution in [2.45, 2.75) is 56.8 Å². The molecule has 1 aromatic heterocycles. The van der Waals surface area contributed by atoms with E-state index < -0.39 is 11.5 Å². The molecule has 2 N–H and O–H groups in total. The third-order valence-corrected chi connectivity index (χ3v) is 6.46. The van der Waals surface area contributed by atoms with Gasteiger partial charge in [-0.1, -0.05) is 12.1 Å². The van der Waals surface area contributed by atoms with Gasteiger partial charge in [-0.15, -0.1) is 0 Å². The molecular weight excluding hydrogens is 427 g/mol. The van der Waals surface area contributed by atoms with Crippen LogP contribution in [0.2, 0.25) is 0 Å². The second kappa shape index (κ2) is 10.1. The van der Waals surface area contributed by atoms with Crippen molar-refractivity contribution in [1.29, 1.82) is 0 Å². The summed E-state index contributed by atoms with van der Waals surface area (Å²) < 4.78 is 24.1. The Morgan fingerprint density at radius 2 is 2.00 bits per heavy atom. The monoisotopic (exact) mass is 456 g/mol. The van der Waals surface area contributed by atoms with E-state index in [9.17, 15) is 19.4 Å². The quantitative estimate of drug-likeness (QED) is 0.533. The number of fused-ring (bicyclic) bond motifs is 1. The number of ether oxygens (including phenoxy) is 2. The number of carbonyl (C=O) groups excluding carboxylic acids is 1. The molecule has 4 rings (SSSR count). The van der Waals surface area contributed by atoms with Crippen molar-refractivity contribution in [3.8, 4) is 0 Å². The Morgan fingerprint density at radius 1 is 1.24 bits per heavy atom. The summed E-state index contributed by atoms with van der Waals surface area (Å²) in [5, 5.41) is 20.9. The van der Waals surface area contributed by atoms with Gasteiger partial charge in [-0.3, -0.25) is 9.78 Å². The van der Waals surface area contributed by atoms with E-state index in [1.54, 1.807) is 19.2 Å². The smallest absolute Gasteiger partial charge is 0.218 e. The van der Waals surface area contributed by atoms with Crippen molar-refractivity contribution in [1.82, 2.24) is 4.98 Å². The van der Waals surface area contributed by atoms with Gasteiger partial charge in [0.1, 0.15) is 18.2 Å². The summed E-state index contributed by atoms with van der Waals surface area (Å²) >= 11 is 0. The van der Waals surface area contributed by atoms with E-state index in [1.807, 2.05) is 6.07 Å². The van der Waals surface area contributed by atoms with Gasteiger partial charge < -0.3 is 19.7 Å². The summed E-state index contributed by atoms with van der Waals surface area (Å²) in [7, 11) is 1.59. The van der Waals surface area contributed by atoms with E-state index >= 15 is 0 Å². The molecule has 33 heavy (non-hydrogen) atoms.